The number of nitrogen functional groups attached to an aromatic ring is 1. The summed E-state index contributed by atoms with van der Waals surface area (Å²) in [6.45, 7) is 2.21. The largest absolute Gasteiger partial charge is 0.383 e. The van der Waals surface area contributed by atoms with Crippen molar-refractivity contribution < 1.29 is 4.79 Å². The van der Waals surface area contributed by atoms with Crippen molar-refractivity contribution in [3.05, 3.63) is 82.1 Å². The lowest BCUT2D eigenvalue weighted by atomic mass is 10.1. The van der Waals surface area contributed by atoms with E-state index in [1.807, 2.05) is 31.2 Å². The van der Waals surface area contributed by atoms with Crippen molar-refractivity contribution in [1.29, 1.82) is 0 Å². The lowest BCUT2D eigenvalue weighted by molar-refractivity contribution is 0.0663. The van der Waals surface area contributed by atoms with Gasteiger partial charge in [-0.15, -0.1) is 0 Å². The van der Waals surface area contributed by atoms with Crippen LogP contribution >= 0.6 is 15.9 Å². The van der Waals surface area contributed by atoms with Crippen LogP contribution in [0.25, 0.3) is 10.9 Å². The molecule has 5 rings (SSSR count). The highest BCUT2D eigenvalue weighted by Crippen LogP contribution is 2.38. The summed E-state index contributed by atoms with van der Waals surface area (Å²) in [5.41, 5.74) is 8.88. The number of anilines is 1. The van der Waals surface area contributed by atoms with Crippen molar-refractivity contribution in [3.63, 3.8) is 0 Å². The fourth-order valence-electron chi connectivity index (χ4n) is 3.74. The highest BCUT2D eigenvalue weighted by atomic mass is 79.9. The Morgan fingerprint density at radius 3 is 2.64 bits per heavy atom. The van der Waals surface area contributed by atoms with Gasteiger partial charge in [0.2, 0.25) is 0 Å². The lowest BCUT2D eigenvalue weighted by Crippen LogP contribution is -2.34. The third-order valence-electron chi connectivity index (χ3n) is 5.80. The van der Waals surface area contributed by atoms with Crippen LogP contribution in [-0.2, 0) is 6.54 Å². The maximum absolute atomic E-state index is 13.7. The molecule has 0 saturated heterocycles. The van der Waals surface area contributed by atoms with Gasteiger partial charge in [-0.2, -0.15) is 10.2 Å². The second kappa shape index (κ2) is 8.82. The van der Waals surface area contributed by atoms with E-state index in [0.29, 0.717) is 33.3 Å². The molecule has 0 bridgehead atoms. The molecule has 0 unspecified atom stereocenters. The van der Waals surface area contributed by atoms with Gasteiger partial charge in [0.25, 0.3) is 5.91 Å². The fraction of sp³-hybridized carbons (Fsp3) is 0.250. The minimum absolute atomic E-state index is 0.155. The maximum Gasteiger partial charge on any atom is 0.254 e. The average molecular weight is 504 g/mol. The SMILES string of the molecule is C[C@H](c1ncccn1)N(Cc1ccc(C2CC2)nn1)C(=O)c1ccc2nc(N)c(Br)cc2c1. The molecule has 9 heteroatoms. The third-order valence-corrected chi connectivity index (χ3v) is 6.43. The number of pyridine rings is 1. The van der Waals surface area contributed by atoms with Gasteiger partial charge in [-0.1, -0.05) is 0 Å². The van der Waals surface area contributed by atoms with Crippen molar-refractivity contribution >= 4 is 38.6 Å². The van der Waals surface area contributed by atoms with Crippen LogP contribution in [0.15, 0.2) is 59.3 Å². The highest BCUT2D eigenvalue weighted by Gasteiger charge is 2.27. The number of nitrogens with zero attached hydrogens (tertiary/aromatic N) is 6. The molecule has 1 amide bonds. The van der Waals surface area contributed by atoms with Gasteiger partial charge in [-0.05, 0) is 78.2 Å². The number of rotatable bonds is 6. The first-order valence-electron chi connectivity index (χ1n) is 10.8. The Labute approximate surface area is 199 Å². The molecule has 3 heterocycles. The normalized spacial score (nSPS) is 14.2. The Kier molecular flexibility index (Phi) is 5.72. The number of aromatic nitrogens is 5. The molecule has 166 valence electrons. The van der Waals surface area contributed by atoms with Crippen molar-refractivity contribution in [2.45, 2.75) is 38.3 Å². The number of halogens is 1. The predicted molar refractivity (Wildman–Crippen MR) is 128 cm³/mol. The molecule has 1 aliphatic rings. The van der Waals surface area contributed by atoms with E-state index < -0.39 is 0 Å². The Morgan fingerprint density at radius 1 is 1.15 bits per heavy atom. The van der Waals surface area contributed by atoms with Gasteiger partial charge in [-0.3, -0.25) is 4.79 Å². The van der Waals surface area contributed by atoms with Crippen LogP contribution in [0.1, 0.15) is 59.3 Å². The molecule has 1 saturated carbocycles. The number of amides is 1. The second-order valence-corrected chi connectivity index (χ2v) is 9.06. The van der Waals surface area contributed by atoms with E-state index in [-0.39, 0.29) is 18.5 Å². The monoisotopic (exact) mass is 503 g/mol. The molecule has 0 radical (unpaired) electrons. The topological polar surface area (TPSA) is 111 Å². The van der Waals surface area contributed by atoms with E-state index in [1.54, 1.807) is 35.5 Å². The Morgan fingerprint density at radius 2 is 1.94 bits per heavy atom. The molecule has 2 N–H and O–H groups in total. The molecule has 3 aromatic heterocycles. The molecule has 1 atom stereocenters. The van der Waals surface area contributed by atoms with Gasteiger partial charge in [0.15, 0.2) is 0 Å². The first-order valence-corrected chi connectivity index (χ1v) is 11.5. The number of benzene rings is 1. The molecule has 8 nitrogen and oxygen atoms in total. The van der Waals surface area contributed by atoms with E-state index >= 15 is 0 Å². The number of carbonyl (C=O) groups excluding carboxylic acids is 1. The van der Waals surface area contributed by atoms with Gasteiger partial charge >= 0.3 is 0 Å². The molecule has 4 aromatic rings. The van der Waals surface area contributed by atoms with Crippen LogP contribution in [-0.4, -0.2) is 36.0 Å². The maximum atomic E-state index is 13.7. The first-order chi connectivity index (χ1) is 16.0. The summed E-state index contributed by atoms with van der Waals surface area (Å²) >= 11 is 3.41. The molecule has 1 aromatic carbocycles. The van der Waals surface area contributed by atoms with E-state index in [0.717, 1.165) is 16.6 Å². The molecule has 0 aliphatic heterocycles. The first kappa shape index (κ1) is 21.4. The molecular weight excluding hydrogens is 482 g/mol. The summed E-state index contributed by atoms with van der Waals surface area (Å²) < 4.78 is 0.688. The molecule has 0 spiro atoms. The fourth-order valence-corrected chi connectivity index (χ4v) is 4.08. The second-order valence-electron chi connectivity index (χ2n) is 8.20. The van der Waals surface area contributed by atoms with Crippen LogP contribution in [0.2, 0.25) is 0 Å². The number of fused-ring (bicyclic) bond motifs is 1. The Bertz CT molecular complexity index is 1310. The molecular formula is C24H22BrN7O. The Hall–Kier alpha value is -3.46. The number of carbonyl (C=O) groups is 1. The lowest BCUT2D eigenvalue weighted by Gasteiger charge is -2.28. The summed E-state index contributed by atoms with van der Waals surface area (Å²) in [4.78, 5) is 28.5. The van der Waals surface area contributed by atoms with Crippen molar-refractivity contribution in [2.75, 3.05) is 5.73 Å². The van der Waals surface area contributed by atoms with Crippen LogP contribution in [0.3, 0.4) is 0 Å². The summed E-state index contributed by atoms with van der Waals surface area (Å²) in [6, 6.07) is 12.6. The number of hydrogen-bond acceptors (Lipinski definition) is 7. The zero-order valence-corrected chi connectivity index (χ0v) is 19.6. The van der Waals surface area contributed by atoms with Crippen molar-refractivity contribution in [3.8, 4) is 0 Å². The minimum atomic E-state index is -0.365. The molecule has 1 fully saturated rings. The molecule has 33 heavy (non-hydrogen) atoms. The van der Waals surface area contributed by atoms with Crippen molar-refractivity contribution in [1.82, 2.24) is 30.0 Å². The van der Waals surface area contributed by atoms with Crippen LogP contribution < -0.4 is 5.73 Å². The van der Waals surface area contributed by atoms with Gasteiger partial charge in [-0.25, -0.2) is 15.0 Å². The summed E-state index contributed by atoms with van der Waals surface area (Å²) in [6.07, 6.45) is 5.68. The smallest absolute Gasteiger partial charge is 0.254 e. The highest BCUT2D eigenvalue weighted by molar-refractivity contribution is 9.10. The van der Waals surface area contributed by atoms with Crippen LogP contribution in [0, 0.1) is 0 Å². The summed E-state index contributed by atoms with van der Waals surface area (Å²) in [7, 11) is 0. The van der Waals surface area contributed by atoms with Gasteiger partial charge < -0.3 is 10.6 Å². The van der Waals surface area contributed by atoms with Gasteiger partial charge in [0, 0.05) is 29.3 Å². The third kappa shape index (κ3) is 4.54. The van der Waals surface area contributed by atoms with Crippen LogP contribution in [0.5, 0.6) is 0 Å². The minimum Gasteiger partial charge on any atom is -0.383 e. The number of nitrogens with two attached hydrogens (primary N) is 1. The number of hydrogen-bond donors (Lipinski definition) is 1. The zero-order chi connectivity index (χ0) is 22.9. The van der Waals surface area contributed by atoms with Gasteiger partial charge in [0.1, 0.15) is 11.6 Å². The molecule has 1 aliphatic carbocycles. The summed E-state index contributed by atoms with van der Waals surface area (Å²) in [5.74, 6) is 1.34. The predicted octanol–water partition coefficient (Wildman–Crippen LogP) is 4.44. The standard InChI is InChI=1S/C24H22BrN7O/c1-14(23-27-9-2-10-28-23)32(13-18-6-8-21(31-30-18)15-3-4-15)24(33)16-5-7-20-17(11-16)12-19(25)22(26)29-20/h2,5-12,14-15H,3-4,13H2,1H3,(H2,26,29)/t14-/m1/s1. The van der Waals surface area contributed by atoms with E-state index in [9.17, 15) is 4.79 Å². The summed E-state index contributed by atoms with van der Waals surface area (Å²) in [5, 5.41) is 9.58. The van der Waals surface area contributed by atoms with E-state index in [2.05, 4.69) is 41.1 Å². The quantitative estimate of drug-likeness (QED) is 0.413. The van der Waals surface area contributed by atoms with Crippen molar-refractivity contribution in [2.24, 2.45) is 0 Å². The zero-order valence-electron chi connectivity index (χ0n) is 18.0. The van der Waals surface area contributed by atoms with Crippen LogP contribution in [0.4, 0.5) is 5.82 Å². The van der Waals surface area contributed by atoms with E-state index in [4.69, 9.17) is 5.73 Å². The van der Waals surface area contributed by atoms with E-state index in [1.165, 1.54) is 12.8 Å². The Balaban J connectivity index is 1.49. The average Bonchev–Trinajstić information content (AvgIpc) is 3.69. The van der Waals surface area contributed by atoms with Gasteiger partial charge in [0.05, 0.1) is 34.0 Å².